The van der Waals surface area contributed by atoms with E-state index < -0.39 is 0 Å². The van der Waals surface area contributed by atoms with Gasteiger partial charge in [-0.1, -0.05) is 6.07 Å². The summed E-state index contributed by atoms with van der Waals surface area (Å²) in [6.07, 6.45) is 3.47. The summed E-state index contributed by atoms with van der Waals surface area (Å²) in [5.74, 6) is 0.618. The number of fused-ring (bicyclic) bond motifs is 1. The Balaban J connectivity index is 1.91. The van der Waals surface area contributed by atoms with Crippen molar-refractivity contribution in [2.45, 2.75) is 25.3 Å². The first-order valence-corrected chi connectivity index (χ1v) is 7.43. The third-order valence-corrected chi connectivity index (χ3v) is 3.78. The summed E-state index contributed by atoms with van der Waals surface area (Å²) in [5, 5.41) is 6.07. The molecule has 5 nitrogen and oxygen atoms in total. The molecule has 1 aliphatic carbocycles. The van der Waals surface area contributed by atoms with E-state index in [2.05, 4.69) is 22.8 Å². The molecular formula is C16H24N2O3. The van der Waals surface area contributed by atoms with Crippen LogP contribution in [-0.4, -0.2) is 39.8 Å². The summed E-state index contributed by atoms with van der Waals surface area (Å²) in [6, 6.07) is 6.49. The average molecular weight is 292 g/mol. The van der Waals surface area contributed by atoms with Gasteiger partial charge in [-0.15, -0.1) is 0 Å². The molecule has 0 aromatic heterocycles. The first kappa shape index (κ1) is 15.8. The number of amides is 1. The summed E-state index contributed by atoms with van der Waals surface area (Å²) in [4.78, 5) is 11.6. The van der Waals surface area contributed by atoms with Gasteiger partial charge in [0.05, 0.1) is 6.61 Å². The predicted octanol–water partition coefficient (Wildman–Crippen LogP) is 1.42. The summed E-state index contributed by atoms with van der Waals surface area (Å²) in [5.41, 5.74) is 2.67. The molecule has 0 radical (unpaired) electrons. The van der Waals surface area contributed by atoms with E-state index in [9.17, 15) is 4.79 Å². The Morgan fingerprint density at radius 2 is 2.29 bits per heavy atom. The lowest BCUT2D eigenvalue weighted by Gasteiger charge is -2.25. The van der Waals surface area contributed by atoms with Crippen LogP contribution < -0.4 is 15.4 Å². The molecule has 2 N–H and O–H groups in total. The minimum Gasteiger partial charge on any atom is -0.484 e. The molecule has 1 aromatic carbocycles. The number of rotatable bonds is 7. The van der Waals surface area contributed by atoms with Crippen LogP contribution in [0, 0.1) is 0 Å². The van der Waals surface area contributed by atoms with Gasteiger partial charge in [-0.25, -0.2) is 0 Å². The molecule has 0 saturated carbocycles. The van der Waals surface area contributed by atoms with Crippen LogP contribution in [0.3, 0.4) is 0 Å². The fraction of sp³-hybridized carbons (Fsp3) is 0.562. The molecule has 0 spiro atoms. The second kappa shape index (κ2) is 8.00. The van der Waals surface area contributed by atoms with Gasteiger partial charge >= 0.3 is 0 Å². The highest BCUT2D eigenvalue weighted by Gasteiger charge is 2.19. The number of ether oxygens (including phenoxy) is 2. The molecule has 1 aromatic rings. The summed E-state index contributed by atoms with van der Waals surface area (Å²) in [6.45, 7) is 1.05. The van der Waals surface area contributed by atoms with E-state index in [-0.39, 0.29) is 12.5 Å². The van der Waals surface area contributed by atoms with Crippen molar-refractivity contribution in [2.24, 2.45) is 0 Å². The van der Waals surface area contributed by atoms with Crippen LogP contribution in [0.5, 0.6) is 5.75 Å². The Kier molecular flexibility index (Phi) is 6.02. The summed E-state index contributed by atoms with van der Waals surface area (Å²) < 4.78 is 10.5. The van der Waals surface area contributed by atoms with Crippen molar-refractivity contribution in [2.75, 3.05) is 33.9 Å². The quantitative estimate of drug-likeness (QED) is 0.746. The Morgan fingerprint density at radius 1 is 1.43 bits per heavy atom. The molecule has 21 heavy (non-hydrogen) atoms. The van der Waals surface area contributed by atoms with E-state index in [0.717, 1.165) is 18.6 Å². The van der Waals surface area contributed by atoms with Crippen LogP contribution in [0.25, 0.3) is 0 Å². The zero-order valence-electron chi connectivity index (χ0n) is 12.8. The molecule has 0 aliphatic heterocycles. The first-order valence-electron chi connectivity index (χ1n) is 7.43. The molecule has 5 heteroatoms. The molecule has 1 unspecified atom stereocenters. The standard InChI is InChI=1S/C16H24N2O3/c1-17-15-5-3-4-12-6-7-13(10-14(12)15)21-11-16(19)18-8-9-20-2/h6-7,10,15,17H,3-5,8-9,11H2,1-2H3,(H,18,19). The lowest BCUT2D eigenvalue weighted by molar-refractivity contribution is -0.123. The van der Waals surface area contributed by atoms with E-state index in [1.54, 1.807) is 7.11 Å². The average Bonchev–Trinajstić information content (AvgIpc) is 2.52. The molecule has 0 bridgehead atoms. The van der Waals surface area contributed by atoms with Crippen molar-refractivity contribution >= 4 is 5.91 Å². The molecule has 2 rings (SSSR count). The molecule has 116 valence electrons. The molecule has 1 aliphatic rings. The van der Waals surface area contributed by atoms with Crippen molar-refractivity contribution < 1.29 is 14.3 Å². The maximum Gasteiger partial charge on any atom is 0.258 e. The van der Waals surface area contributed by atoms with Crippen molar-refractivity contribution in [3.63, 3.8) is 0 Å². The van der Waals surface area contributed by atoms with E-state index >= 15 is 0 Å². The van der Waals surface area contributed by atoms with Crippen LogP contribution >= 0.6 is 0 Å². The van der Waals surface area contributed by atoms with Gasteiger partial charge in [-0.2, -0.15) is 0 Å². The highest BCUT2D eigenvalue weighted by atomic mass is 16.5. The van der Waals surface area contributed by atoms with E-state index in [1.165, 1.54) is 17.5 Å². The van der Waals surface area contributed by atoms with Crippen LogP contribution in [0.4, 0.5) is 0 Å². The van der Waals surface area contributed by atoms with Gasteiger partial charge in [-0.05, 0) is 49.6 Å². The predicted molar refractivity (Wildman–Crippen MR) is 81.6 cm³/mol. The lowest BCUT2D eigenvalue weighted by atomic mass is 9.87. The van der Waals surface area contributed by atoms with Gasteiger partial charge in [0.2, 0.25) is 0 Å². The number of hydrogen-bond donors (Lipinski definition) is 2. The van der Waals surface area contributed by atoms with Gasteiger partial charge < -0.3 is 20.1 Å². The molecule has 0 saturated heterocycles. The van der Waals surface area contributed by atoms with Crippen molar-refractivity contribution in [3.8, 4) is 5.75 Å². The van der Waals surface area contributed by atoms with Gasteiger partial charge in [-0.3, -0.25) is 4.79 Å². The Bertz CT molecular complexity index is 477. The monoisotopic (exact) mass is 292 g/mol. The minimum absolute atomic E-state index is 0.0344. The third-order valence-electron chi connectivity index (χ3n) is 3.78. The van der Waals surface area contributed by atoms with Gasteiger partial charge in [0.15, 0.2) is 6.61 Å². The lowest BCUT2D eigenvalue weighted by Crippen LogP contribution is -2.31. The fourth-order valence-electron chi connectivity index (χ4n) is 2.66. The normalized spacial score (nSPS) is 17.1. The maximum atomic E-state index is 11.6. The Labute approximate surface area is 126 Å². The highest BCUT2D eigenvalue weighted by molar-refractivity contribution is 5.77. The Morgan fingerprint density at radius 3 is 3.05 bits per heavy atom. The molecule has 0 fully saturated rings. The number of nitrogens with one attached hydrogen (secondary N) is 2. The smallest absolute Gasteiger partial charge is 0.258 e. The van der Waals surface area contributed by atoms with E-state index in [4.69, 9.17) is 9.47 Å². The van der Waals surface area contributed by atoms with Crippen LogP contribution in [0.15, 0.2) is 18.2 Å². The van der Waals surface area contributed by atoms with Crippen LogP contribution in [0.1, 0.15) is 30.0 Å². The van der Waals surface area contributed by atoms with Crippen molar-refractivity contribution in [3.05, 3.63) is 29.3 Å². The van der Waals surface area contributed by atoms with Crippen LogP contribution in [-0.2, 0) is 16.0 Å². The Hall–Kier alpha value is -1.59. The first-order chi connectivity index (χ1) is 10.2. The second-order valence-corrected chi connectivity index (χ2v) is 5.23. The van der Waals surface area contributed by atoms with Gasteiger partial charge in [0.1, 0.15) is 5.75 Å². The van der Waals surface area contributed by atoms with E-state index in [0.29, 0.717) is 19.2 Å². The second-order valence-electron chi connectivity index (χ2n) is 5.23. The zero-order valence-corrected chi connectivity index (χ0v) is 12.8. The summed E-state index contributed by atoms with van der Waals surface area (Å²) in [7, 11) is 3.59. The molecule has 1 atom stereocenters. The van der Waals surface area contributed by atoms with Gasteiger partial charge in [0.25, 0.3) is 5.91 Å². The minimum atomic E-state index is -0.130. The molecular weight excluding hydrogens is 268 g/mol. The van der Waals surface area contributed by atoms with Crippen molar-refractivity contribution in [1.29, 1.82) is 0 Å². The number of benzene rings is 1. The highest BCUT2D eigenvalue weighted by Crippen LogP contribution is 2.32. The van der Waals surface area contributed by atoms with E-state index in [1.807, 2.05) is 13.1 Å². The zero-order chi connectivity index (χ0) is 15.1. The number of methoxy groups -OCH3 is 1. The largest absolute Gasteiger partial charge is 0.484 e. The number of carbonyl (C=O) groups excluding carboxylic acids is 1. The number of carbonyl (C=O) groups is 1. The van der Waals surface area contributed by atoms with Crippen LogP contribution in [0.2, 0.25) is 0 Å². The fourth-order valence-corrected chi connectivity index (χ4v) is 2.66. The molecule has 0 heterocycles. The number of hydrogen-bond acceptors (Lipinski definition) is 4. The maximum absolute atomic E-state index is 11.6. The van der Waals surface area contributed by atoms with Gasteiger partial charge in [0, 0.05) is 19.7 Å². The topological polar surface area (TPSA) is 59.6 Å². The van der Waals surface area contributed by atoms with Crippen molar-refractivity contribution in [1.82, 2.24) is 10.6 Å². The SMILES string of the molecule is CNC1CCCc2ccc(OCC(=O)NCCOC)cc21. The molecule has 1 amide bonds. The third kappa shape index (κ3) is 4.44. The summed E-state index contributed by atoms with van der Waals surface area (Å²) >= 11 is 0. The number of aryl methyl sites for hydroxylation is 1.